The topological polar surface area (TPSA) is 41.1 Å². The minimum Gasteiger partial charge on any atom is -0.385 e. The first kappa shape index (κ1) is 13.5. The van der Waals surface area contributed by atoms with Crippen molar-refractivity contribution in [3.05, 3.63) is 23.8 Å². The van der Waals surface area contributed by atoms with Crippen molar-refractivity contribution >= 4 is 17.3 Å². The number of benzene rings is 1. The molecule has 1 heterocycles. The molecule has 1 aromatic carbocycles. The van der Waals surface area contributed by atoms with Gasteiger partial charge in [-0.3, -0.25) is 4.79 Å². The van der Waals surface area contributed by atoms with Gasteiger partial charge in [0.1, 0.15) is 0 Å². The third-order valence-electron chi connectivity index (χ3n) is 4.62. The zero-order valence-electron chi connectivity index (χ0n) is 12.1. The van der Waals surface area contributed by atoms with E-state index < -0.39 is 0 Å². The lowest BCUT2D eigenvalue weighted by molar-refractivity contribution is -0.116. The van der Waals surface area contributed by atoms with E-state index in [9.17, 15) is 4.79 Å². The number of carbonyl (C=O) groups excluding carboxylic acids is 1. The molecule has 0 spiro atoms. The molecule has 20 heavy (non-hydrogen) atoms. The summed E-state index contributed by atoms with van der Waals surface area (Å²) in [4.78, 5) is 12.1. The molecule has 1 saturated carbocycles. The molecule has 3 heteroatoms. The third-order valence-corrected chi connectivity index (χ3v) is 4.62. The van der Waals surface area contributed by atoms with Crippen LogP contribution in [0.4, 0.5) is 11.4 Å². The second-order valence-corrected chi connectivity index (χ2v) is 6.10. The van der Waals surface area contributed by atoms with Crippen LogP contribution in [0.25, 0.3) is 0 Å². The van der Waals surface area contributed by atoms with Crippen molar-refractivity contribution in [2.45, 2.75) is 51.4 Å². The molecule has 1 aromatic rings. The zero-order chi connectivity index (χ0) is 13.8. The van der Waals surface area contributed by atoms with E-state index in [0.29, 0.717) is 6.42 Å². The summed E-state index contributed by atoms with van der Waals surface area (Å²) in [6.07, 6.45) is 9.26. The van der Waals surface area contributed by atoms with Crippen molar-refractivity contribution < 1.29 is 4.79 Å². The Morgan fingerprint density at radius 1 is 1.25 bits per heavy atom. The van der Waals surface area contributed by atoms with E-state index in [2.05, 4.69) is 16.7 Å². The maximum Gasteiger partial charge on any atom is 0.224 e. The molecule has 1 amide bonds. The van der Waals surface area contributed by atoms with Crippen LogP contribution < -0.4 is 10.6 Å². The number of fused-ring (bicyclic) bond motifs is 1. The summed E-state index contributed by atoms with van der Waals surface area (Å²) >= 11 is 0. The molecule has 1 aliphatic carbocycles. The molecule has 0 aromatic heterocycles. The highest BCUT2D eigenvalue weighted by Gasteiger charge is 2.17. The number of hydrogen-bond acceptors (Lipinski definition) is 2. The average molecular weight is 272 g/mol. The Morgan fingerprint density at radius 2 is 2.10 bits per heavy atom. The van der Waals surface area contributed by atoms with Crippen LogP contribution in [0.15, 0.2) is 18.2 Å². The molecule has 2 N–H and O–H groups in total. The molecule has 0 bridgehead atoms. The fraction of sp³-hybridized carbons (Fsp3) is 0.588. The molecular formula is C17H24N2O. The van der Waals surface area contributed by atoms with Gasteiger partial charge < -0.3 is 10.6 Å². The summed E-state index contributed by atoms with van der Waals surface area (Å²) in [5.41, 5.74) is 3.46. The van der Waals surface area contributed by atoms with Gasteiger partial charge in [0.15, 0.2) is 0 Å². The number of hydrogen-bond donors (Lipinski definition) is 2. The van der Waals surface area contributed by atoms with E-state index in [1.54, 1.807) is 0 Å². The van der Waals surface area contributed by atoms with Gasteiger partial charge in [0.2, 0.25) is 5.91 Å². The Hall–Kier alpha value is -1.51. The normalized spacial score (nSPS) is 18.4. The summed E-state index contributed by atoms with van der Waals surface area (Å²) in [5, 5.41) is 6.52. The lowest BCUT2D eigenvalue weighted by Crippen LogP contribution is -2.17. The minimum absolute atomic E-state index is 0.177. The number of rotatable bonds is 4. The fourth-order valence-electron chi connectivity index (χ4n) is 3.47. The van der Waals surface area contributed by atoms with E-state index >= 15 is 0 Å². The first-order valence-corrected chi connectivity index (χ1v) is 7.98. The van der Waals surface area contributed by atoms with E-state index in [4.69, 9.17) is 0 Å². The molecule has 0 unspecified atom stereocenters. The summed E-state index contributed by atoms with van der Waals surface area (Å²) in [7, 11) is 0. The average Bonchev–Trinajstić information content (AvgIpc) is 2.99. The van der Waals surface area contributed by atoms with Crippen LogP contribution in [0.5, 0.6) is 0 Å². The number of carbonyl (C=O) groups is 1. The van der Waals surface area contributed by atoms with Gasteiger partial charge in [0, 0.05) is 24.3 Å². The smallest absolute Gasteiger partial charge is 0.224 e. The summed E-state index contributed by atoms with van der Waals surface area (Å²) < 4.78 is 0. The zero-order valence-corrected chi connectivity index (χ0v) is 12.1. The number of nitrogens with one attached hydrogen (secondary N) is 2. The molecule has 0 atom stereocenters. The molecule has 1 fully saturated rings. The fourth-order valence-corrected chi connectivity index (χ4v) is 3.47. The first-order chi connectivity index (χ1) is 9.83. The molecule has 2 aliphatic rings. The van der Waals surface area contributed by atoms with E-state index in [1.807, 2.05) is 12.1 Å². The van der Waals surface area contributed by atoms with Crippen molar-refractivity contribution in [2.24, 2.45) is 5.92 Å². The van der Waals surface area contributed by atoms with Gasteiger partial charge in [-0.1, -0.05) is 31.7 Å². The van der Waals surface area contributed by atoms with Crippen molar-refractivity contribution in [2.75, 3.05) is 17.2 Å². The van der Waals surface area contributed by atoms with Crippen LogP contribution in [-0.4, -0.2) is 12.5 Å². The van der Waals surface area contributed by atoms with Gasteiger partial charge in [-0.25, -0.2) is 0 Å². The quantitative estimate of drug-likeness (QED) is 0.871. The Kier molecular flexibility index (Phi) is 4.24. The van der Waals surface area contributed by atoms with Crippen molar-refractivity contribution in [3.63, 3.8) is 0 Å². The van der Waals surface area contributed by atoms with Crippen molar-refractivity contribution in [1.29, 1.82) is 0 Å². The maximum absolute atomic E-state index is 12.1. The third kappa shape index (κ3) is 3.14. The molecule has 0 saturated heterocycles. The number of amides is 1. The summed E-state index contributed by atoms with van der Waals surface area (Å²) in [6, 6.07) is 6.14. The largest absolute Gasteiger partial charge is 0.385 e. The van der Waals surface area contributed by atoms with Crippen LogP contribution in [0, 0.1) is 5.92 Å². The highest BCUT2D eigenvalue weighted by Crippen LogP contribution is 2.30. The predicted octanol–water partition coefficient (Wildman–Crippen LogP) is 3.95. The second-order valence-electron chi connectivity index (χ2n) is 6.10. The van der Waals surface area contributed by atoms with Crippen LogP contribution in [0.1, 0.15) is 50.5 Å². The summed E-state index contributed by atoms with van der Waals surface area (Å²) in [5.74, 6) is 0.961. The van der Waals surface area contributed by atoms with Gasteiger partial charge in [0.05, 0.1) is 0 Å². The summed E-state index contributed by atoms with van der Waals surface area (Å²) in [6.45, 7) is 1.03. The first-order valence-electron chi connectivity index (χ1n) is 7.98. The lowest BCUT2D eigenvalue weighted by Gasteiger charge is -2.21. The van der Waals surface area contributed by atoms with Gasteiger partial charge in [-0.15, -0.1) is 0 Å². The van der Waals surface area contributed by atoms with Gasteiger partial charge in [-0.2, -0.15) is 0 Å². The SMILES string of the molecule is O=C(CCC1CCCC1)Nc1cccc2c1CCCN2. The van der Waals surface area contributed by atoms with Crippen LogP contribution >= 0.6 is 0 Å². The molecule has 108 valence electrons. The monoisotopic (exact) mass is 272 g/mol. The molecule has 3 rings (SSSR count). The van der Waals surface area contributed by atoms with Crippen LogP contribution in [-0.2, 0) is 11.2 Å². The van der Waals surface area contributed by atoms with Gasteiger partial charge in [-0.05, 0) is 42.9 Å². The van der Waals surface area contributed by atoms with Crippen LogP contribution in [0.2, 0.25) is 0 Å². The molecule has 0 radical (unpaired) electrons. The highest BCUT2D eigenvalue weighted by molar-refractivity contribution is 5.92. The Balaban J connectivity index is 1.58. The Labute approximate surface area is 121 Å². The van der Waals surface area contributed by atoms with Gasteiger partial charge in [0.25, 0.3) is 0 Å². The molecule has 3 nitrogen and oxygen atoms in total. The van der Waals surface area contributed by atoms with Gasteiger partial charge >= 0.3 is 0 Å². The molecule has 1 aliphatic heterocycles. The molecular weight excluding hydrogens is 248 g/mol. The Morgan fingerprint density at radius 3 is 2.95 bits per heavy atom. The standard InChI is InChI=1S/C17H24N2O/c20-17(11-10-13-5-1-2-6-13)19-16-9-3-8-15-14(16)7-4-12-18-15/h3,8-9,13,18H,1-2,4-7,10-12H2,(H,19,20). The van der Waals surface area contributed by atoms with Crippen molar-refractivity contribution in [1.82, 2.24) is 0 Å². The lowest BCUT2D eigenvalue weighted by atomic mass is 10.00. The maximum atomic E-state index is 12.1. The number of anilines is 2. The van der Waals surface area contributed by atoms with Crippen molar-refractivity contribution in [3.8, 4) is 0 Å². The second kappa shape index (κ2) is 6.29. The highest BCUT2D eigenvalue weighted by atomic mass is 16.1. The van der Waals surface area contributed by atoms with E-state index in [1.165, 1.54) is 36.9 Å². The minimum atomic E-state index is 0.177. The Bertz CT molecular complexity index is 478. The van der Waals surface area contributed by atoms with E-state index in [0.717, 1.165) is 37.4 Å². The predicted molar refractivity (Wildman–Crippen MR) is 83.1 cm³/mol. The van der Waals surface area contributed by atoms with E-state index in [-0.39, 0.29) is 5.91 Å². The van der Waals surface area contributed by atoms with Crippen LogP contribution in [0.3, 0.4) is 0 Å².